The van der Waals surface area contributed by atoms with Crippen LogP contribution in [0, 0.1) is 0 Å². The molecule has 4 heteroatoms. The number of carbonyl (C=O) groups excluding carboxylic acids is 1. The van der Waals surface area contributed by atoms with Gasteiger partial charge in [0.05, 0.1) is 5.57 Å². The van der Waals surface area contributed by atoms with E-state index in [-0.39, 0.29) is 23.5 Å². The number of aliphatic hydroxyl groups is 1. The van der Waals surface area contributed by atoms with Gasteiger partial charge in [-0.3, -0.25) is 4.79 Å². The molecule has 0 aromatic heterocycles. The zero-order valence-corrected chi connectivity index (χ0v) is 12.8. The molecule has 2 aromatic rings. The average Bonchev–Trinajstić information content (AvgIpc) is 2.55. The number of Topliss-reactive ketones (excluding diaryl/α,β-unsaturated/α-hetero) is 1. The van der Waals surface area contributed by atoms with Crippen molar-refractivity contribution in [3.63, 3.8) is 0 Å². The smallest absolute Gasteiger partial charge is 0.335 e. The fourth-order valence-corrected chi connectivity index (χ4v) is 2.53. The van der Waals surface area contributed by atoms with Crippen LogP contribution in [0.1, 0.15) is 30.4 Å². The molecule has 0 fully saturated rings. The van der Waals surface area contributed by atoms with Gasteiger partial charge in [-0.05, 0) is 12.5 Å². The van der Waals surface area contributed by atoms with Crippen LogP contribution >= 0.6 is 0 Å². The molecule has 1 atom stereocenters. The topological polar surface area (TPSA) is 74.6 Å². The van der Waals surface area contributed by atoms with Gasteiger partial charge in [0.1, 0.15) is 11.5 Å². The molecule has 2 rings (SSSR count). The van der Waals surface area contributed by atoms with Gasteiger partial charge >= 0.3 is 5.97 Å². The van der Waals surface area contributed by atoms with Gasteiger partial charge in [0.15, 0.2) is 0 Å². The maximum absolute atomic E-state index is 11.8. The Morgan fingerprint density at radius 3 is 1.91 bits per heavy atom. The standard InChI is InChI=1S/C19H18O4/c1-13(20)12-16(14-8-4-2-5-9-14)17(19(22)23)18(21)15-10-6-3-7-11-15/h2-11,16,21H,12H2,1H3,(H,22,23)/b18-17+. The number of rotatable bonds is 6. The highest BCUT2D eigenvalue weighted by Crippen LogP contribution is 2.33. The van der Waals surface area contributed by atoms with E-state index in [1.807, 2.05) is 6.07 Å². The lowest BCUT2D eigenvalue weighted by Gasteiger charge is -2.19. The molecule has 4 nitrogen and oxygen atoms in total. The van der Waals surface area contributed by atoms with Crippen molar-refractivity contribution in [3.8, 4) is 0 Å². The monoisotopic (exact) mass is 310 g/mol. The van der Waals surface area contributed by atoms with Crippen LogP contribution in [0.15, 0.2) is 66.2 Å². The summed E-state index contributed by atoms with van der Waals surface area (Å²) in [5, 5.41) is 20.1. The van der Waals surface area contributed by atoms with Crippen molar-refractivity contribution in [2.24, 2.45) is 0 Å². The third-order valence-electron chi connectivity index (χ3n) is 3.57. The second-order valence-electron chi connectivity index (χ2n) is 5.30. The molecule has 1 unspecified atom stereocenters. The number of carboxylic acid groups (broad SMARTS) is 1. The minimum atomic E-state index is -1.23. The Hall–Kier alpha value is -2.88. The second kappa shape index (κ2) is 7.40. The summed E-state index contributed by atoms with van der Waals surface area (Å²) in [4.78, 5) is 23.4. The molecule has 0 amide bonds. The highest BCUT2D eigenvalue weighted by atomic mass is 16.4. The van der Waals surface area contributed by atoms with Crippen molar-refractivity contribution in [2.45, 2.75) is 19.3 Å². The van der Waals surface area contributed by atoms with Gasteiger partial charge in [0, 0.05) is 17.9 Å². The van der Waals surface area contributed by atoms with Gasteiger partial charge in [-0.15, -0.1) is 0 Å². The van der Waals surface area contributed by atoms with Gasteiger partial charge < -0.3 is 10.2 Å². The van der Waals surface area contributed by atoms with E-state index < -0.39 is 11.9 Å². The lowest BCUT2D eigenvalue weighted by molar-refractivity contribution is -0.133. The van der Waals surface area contributed by atoms with E-state index in [1.165, 1.54) is 6.92 Å². The van der Waals surface area contributed by atoms with Crippen molar-refractivity contribution in [1.29, 1.82) is 0 Å². The predicted molar refractivity (Wildman–Crippen MR) is 88.1 cm³/mol. The van der Waals surface area contributed by atoms with Crippen LogP contribution in [0.2, 0.25) is 0 Å². The highest BCUT2D eigenvalue weighted by molar-refractivity contribution is 5.97. The minimum Gasteiger partial charge on any atom is -0.507 e. The van der Waals surface area contributed by atoms with Gasteiger partial charge in [-0.2, -0.15) is 0 Å². The fourth-order valence-electron chi connectivity index (χ4n) is 2.53. The summed E-state index contributed by atoms with van der Waals surface area (Å²) in [6.45, 7) is 1.41. The van der Waals surface area contributed by atoms with E-state index in [4.69, 9.17) is 0 Å². The Bertz CT molecular complexity index is 718. The fraction of sp³-hybridized carbons (Fsp3) is 0.158. The Morgan fingerprint density at radius 2 is 1.43 bits per heavy atom. The molecule has 0 bridgehead atoms. The third-order valence-corrected chi connectivity index (χ3v) is 3.57. The number of carboxylic acids is 1. The molecule has 23 heavy (non-hydrogen) atoms. The molecule has 0 aliphatic heterocycles. The first-order valence-electron chi connectivity index (χ1n) is 7.27. The molecule has 2 N–H and O–H groups in total. The summed E-state index contributed by atoms with van der Waals surface area (Å²) >= 11 is 0. The highest BCUT2D eigenvalue weighted by Gasteiger charge is 2.28. The van der Waals surface area contributed by atoms with Gasteiger partial charge in [-0.1, -0.05) is 60.7 Å². The maximum atomic E-state index is 11.8. The SMILES string of the molecule is CC(=O)CC(/C(C(=O)O)=C(\O)c1ccccc1)c1ccccc1. The molecule has 0 heterocycles. The summed E-state index contributed by atoms with van der Waals surface area (Å²) in [6, 6.07) is 17.4. The number of aliphatic carboxylic acids is 1. The molecule has 0 aliphatic carbocycles. The largest absolute Gasteiger partial charge is 0.507 e. The van der Waals surface area contributed by atoms with Crippen LogP contribution in [0.25, 0.3) is 5.76 Å². The van der Waals surface area contributed by atoms with Crippen LogP contribution in [0.3, 0.4) is 0 Å². The van der Waals surface area contributed by atoms with Gasteiger partial charge in [0.2, 0.25) is 0 Å². The Balaban J connectivity index is 2.60. The molecule has 0 spiro atoms. The molecule has 2 aromatic carbocycles. The minimum absolute atomic E-state index is 0.0164. The molecule has 0 saturated carbocycles. The molecule has 118 valence electrons. The van der Waals surface area contributed by atoms with E-state index in [1.54, 1.807) is 54.6 Å². The Kier molecular flexibility index (Phi) is 5.31. The van der Waals surface area contributed by atoms with Crippen LogP contribution in [0.5, 0.6) is 0 Å². The van der Waals surface area contributed by atoms with E-state index >= 15 is 0 Å². The third kappa shape index (κ3) is 4.07. The van der Waals surface area contributed by atoms with E-state index in [0.29, 0.717) is 11.1 Å². The van der Waals surface area contributed by atoms with Crippen molar-refractivity contribution in [3.05, 3.63) is 77.4 Å². The lowest BCUT2D eigenvalue weighted by atomic mass is 9.85. The van der Waals surface area contributed by atoms with Crippen molar-refractivity contribution in [2.75, 3.05) is 0 Å². The molecule has 0 aliphatic rings. The van der Waals surface area contributed by atoms with E-state index in [0.717, 1.165) is 0 Å². The lowest BCUT2D eigenvalue weighted by Crippen LogP contribution is -2.16. The van der Waals surface area contributed by atoms with E-state index in [9.17, 15) is 19.8 Å². The normalized spacial score (nSPS) is 13.1. The molecular formula is C19H18O4. The number of benzene rings is 2. The average molecular weight is 310 g/mol. The number of hydrogen-bond acceptors (Lipinski definition) is 3. The van der Waals surface area contributed by atoms with Crippen molar-refractivity contribution >= 4 is 17.5 Å². The summed E-state index contributed by atoms with van der Waals surface area (Å²) in [6.07, 6.45) is 0.0164. The zero-order chi connectivity index (χ0) is 16.8. The first-order chi connectivity index (χ1) is 11.0. The summed E-state index contributed by atoms with van der Waals surface area (Å²) in [5.74, 6) is -2.39. The van der Waals surface area contributed by atoms with Crippen LogP contribution in [-0.2, 0) is 9.59 Å². The Morgan fingerprint density at radius 1 is 0.913 bits per heavy atom. The van der Waals surface area contributed by atoms with Crippen LogP contribution < -0.4 is 0 Å². The summed E-state index contributed by atoms with van der Waals surface area (Å²) in [7, 11) is 0. The second-order valence-corrected chi connectivity index (χ2v) is 5.30. The van der Waals surface area contributed by atoms with Crippen molar-refractivity contribution < 1.29 is 19.8 Å². The zero-order valence-electron chi connectivity index (χ0n) is 12.8. The number of aliphatic hydroxyl groups excluding tert-OH is 1. The number of hydrogen-bond donors (Lipinski definition) is 2. The van der Waals surface area contributed by atoms with Gasteiger partial charge in [0.25, 0.3) is 0 Å². The Labute approximate surface area is 134 Å². The predicted octanol–water partition coefficient (Wildman–Crippen LogP) is 3.80. The molecule has 0 saturated heterocycles. The quantitative estimate of drug-likeness (QED) is 0.628. The van der Waals surface area contributed by atoms with Crippen molar-refractivity contribution in [1.82, 2.24) is 0 Å². The first kappa shape index (κ1) is 16.5. The summed E-state index contributed by atoms with van der Waals surface area (Å²) in [5.41, 5.74) is 0.926. The van der Waals surface area contributed by atoms with Gasteiger partial charge in [-0.25, -0.2) is 4.79 Å². The van der Waals surface area contributed by atoms with Crippen LogP contribution in [-0.4, -0.2) is 22.0 Å². The van der Waals surface area contributed by atoms with Crippen LogP contribution in [0.4, 0.5) is 0 Å². The molecular weight excluding hydrogens is 292 g/mol. The first-order valence-corrected chi connectivity index (χ1v) is 7.27. The number of ketones is 1. The number of carbonyl (C=O) groups is 2. The molecule has 0 radical (unpaired) electrons. The summed E-state index contributed by atoms with van der Waals surface area (Å²) < 4.78 is 0. The van der Waals surface area contributed by atoms with E-state index in [2.05, 4.69) is 0 Å². The maximum Gasteiger partial charge on any atom is 0.335 e.